The van der Waals surface area contributed by atoms with Crippen LogP contribution in [0, 0.1) is 0 Å². The molecule has 0 aliphatic carbocycles. The van der Waals surface area contributed by atoms with Crippen molar-refractivity contribution in [3.63, 3.8) is 0 Å². The third kappa shape index (κ3) is 3.89. The monoisotopic (exact) mass is 222 g/mol. The van der Waals surface area contributed by atoms with E-state index in [1.165, 1.54) is 0 Å². The van der Waals surface area contributed by atoms with Gasteiger partial charge in [-0.15, -0.1) is 0 Å². The Labute approximate surface area is 96.0 Å². The number of nitrogens with one attached hydrogen (secondary N) is 1. The van der Waals surface area contributed by atoms with E-state index in [1.54, 1.807) is 0 Å². The third-order valence-electron chi connectivity index (χ3n) is 2.55. The lowest BCUT2D eigenvalue weighted by Crippen LogP contribution is -2.23. The van der Waals surface area contributed by atoms with Crippen molar-refractivity contribution in [2.24, 2.45) is 0 Å². The molecule has 0 radical (unpaired) electrons. The number of nitrogens with zero attached hydrogens (tertiary/aromatic N) is 1. The molecule has 1 aliphatic heterocycles. The molecule has 1 aromatic heterocycles. The topological polar surface area (TPSA) is 43.4 Å². The predicted molar refractivity (Wildman–Crippen MR) is 61.1 cm³/mol. The Kier molecular flexibility index (Phi) is 4.73. The molecule has 1 atom stereocenters. The molecule has 1 saturated heterocycles. The fourth-order valence-corrected chi connectivity index (χ4v) is 1.66. The Morgan fingerprint density at radius 3 is 3.25 bits per heavy atom. The number of hydrogen-bond acceptors (Lipinski definition) is 4. The van der Waals surface area contributed by atoms with Crippen LogP contribution in [0.2, 0.25) is 0 Å². The molecule has 2 rings (SSSR count). The lowest BCUT2D eigenvalue weighted by atomic mass is 10.3. The van der Waals surface area contributed by atoms with Gasteiger partial charge in [0.05, 0.1) is 25.0 Å². The van der Waals surface area contributed by atoms with Crippen LogP contribution in [0.25, 0.3) is 0 Å². The van der Waals surface area contributed by atoms with Crippen LogP contribution in [0.3, 0.4) is 0 Å². The van der Waals surface area contributed by atoms with E-state index in [4.69, 9.17) is 9.47 Å². The van der Waals surface area contributed by atoms with Gasteiger partial charge in [-0.1, -0.05) is 6.07 Å². The maximum Gasteiger partial charge on any atom is 0.0831 e. The van der Waals surface area contributed by atoms with Crippen LogP contribution in [0.5, 0.6) is 0 Å². The van der Waals surface area contributed by atoms with E-state index in [1.807, 2.05) is 24.4 Å². The third-order valence-corrected chi connectivity index (χ3v) is 2.55. The first-order chi connectivity index (χ1) is 7.95. The summed E-state index contributed by atoms with van der Waals surface area (Å²) in [6, 6.07) is 5.93. The van der Waals surface area contributed by atoms with Gasteiger partial charge in [-0.25, -0.2) is 0 Å². The summed E-state index contributed by atoms with van der Waals surface area (Å²) in [5.74, 6) is 0. The van der Waals surface area contributed by atoms with Crippen molar-refractivity contribution in [3.8, 4) is 0 Å². The summed E-state index contributed by atoms with van der Waals surface area (Å²) in [6.45, 7) is 3.98. The van der Waals surface area contributed by atoms with Crippen LogP contribution >= 0.6 is 0 Å². The van der Waals surface area contributed by atoms with Crippen LogP contribution in [0.15, 0.2) is 24.4 Å². The van der Waals surface area contributed by atoms with Gasteiger partial charge < -0.3 is 14.8 Å². The van der Waals surface area contributed by atoms with Gasteiger partial charge in [-0.3, -0.25) is 4.98 Å². The Hall–Kier alpha value is -0.970. The smallest absolute Gasteiger partial charge is 0.0831 e. The van der Waals surface area contributed by atoms with Crippen molar-refractivity contribution in [3.05, 3.63) is 30.1 Å². The van der Waals surface area contributed by atoms with Gasteiger partial charge in [0.25, 0.3) is 0 Å². The van der Waals surface area contributed by atoms with Crippen LogP contribution in [0.4, 0.5) is 0 Å². The number of rotatable bonds is 6. The maximum absolute atomic E-state index is 5.63. The standard InChI is InChI=1S/C12H18N2O2/c1-2-5-14-11(3-1)9-13-6-8-16-12-4-7-15-10-12/h1-3,5,12-13H,4,6-10H2. The zero-order valence-electron chi connectivity index (χ0n) is 9.39. The van der Waals surface area contributed by atoms with Crippen molar-refractivity contribution in [1.82, 2.24) is 10.3 Å². The highest BCUT2D eigenvalue weighted by Crippen LogP contribution is 2.07. The molecule has 0 aromatic carbocycles. The molecule has 4 heteroatoms. The Bertz CT molecular complexity index is 286. The largest absolute Gasteiger partial charge is 0.379 e. The second-order valence-corrected chi connectivity index (χ2v) is 3.85. The van der Waals surface area contributed by atoms with Gasteiger partial charge in [0.1, 0.15) is 0 Å². The number of aromatic nitrogens is 1. The van der Waals surface area contributed by atoms with E-state index in [0.29, 0.717) is 6.10 Å². The van der Waals surface area contributed by atoms with Crippen molar-refractivity contribution < 1.29 is 9.47 Å². The van der Waals surface area contributed by atoms with Crippen molar-refractivity contribution in [2.75, 3.05) is 26.4 Å². The summed E-state index contributed by atoms with van der Waals surface area (Å²) in [4.78, 5) is 4.23. The van der Waals surface area contributed by atoms with Crippen LogP contribution in [-0.2, 0) is 16.0 Å². The molecule has 0 spiro atoms. The Morgan fingerprint density at radius 2 is 2.50 bits per heavy atom. The summed E-state index contributed by atoms with van der Waals surface area (Å²) in [6.07, 6.45) is 3.14. The minimum Gasteiger partial charge on any atom is -0.379 e. The minimum atomic E-state index is 0.302. The van der Waals surface area contributed by atoms with E-state index in [9.17, 15) is 0 Å². The summed E-state index contributed by atoms with van der Waals surface area (Å²) < 4.78 is 10.9. The molecule has 0 bridgehead atoms. The van der Waals surface area contributed by atoms with E-state index in [2.05, 4.69) is 10.3 Å². The van der Waals surface area contributed by atoms with Crippen LogP contribution < -0.4 is 5.32 Å². The van der Waals surface area contributed by atoms with E-state index in [-0.39, 0.29) is 0 Å². The molecule has 0 amide bonds. The molecule has 16 heavy (non-hydrogen) atoms. The molecule has 1 fully saturated rings. The van der Waals surface area contributed by atoms with Gasteiger partial charge in [0.2, 0.25) is 0 Å². The zero-order chi connectivity index (χ0) is 11.1. The molecule has 0 saturated carbocycles. The fraction of sp³-hybridized carbons (Fsp3) is 0.583. The number of pyridine rings is 1. The summed E-state index contributed by atoms with van der Waals surface area (Å²) in [7, 11) is 0. The maximum atomic E-state index is 5.63. The highest BCUT2D eigenvalue weighted by atomic mass is 16.5. The van der Waals surface area contributed by atoms with Crippen LogP contribution in [-0.4, -0.2) is 37.5 Å². The second kappa shape index (κ2) is 6.58. The van der Waals surface area contributed by atoms with E-state index < -0.39 is 0 Å². The predicted octanol–water partition coefficient (Wildman–Crippen LogP) is 0.977. The number of hydrogen-bond donors (Lipinski definition) is 1. The lowest BCUT2D eigenvalue weighted by molar-refractivity contribution is 0.0444. The minimum absolute atomic E-state index is 0.302. The molecule has 1 unspecified atom stereocenters. The zero-order valence-corrected chi connectivity index (χ0v) is 9.39. The normalized spacial score (nSPS) is 20.1. The van der Waals surface area contributed by atoms with Crippen LogP contribution in [0.1, 0.15) is 12.1 Å². The van der Waals surface area contributed by atoms with E-state index in [0.717, 1.165) is 45.0 Å². The lowest BCUT2D eigenvalue weighted by Gasteiger charge is -2.10. The molecule has 1 N–H and O–H groups in total. The summed E-state index contributed by atoms with van der Waals surface area (Å²) in [5, 5.41) is 3.30. The molecule has 88 valence electrons. The molecule has 2 heterocycles. The Balaban J connectivity index is 1.52. The second-order valence-electron chi connectivity index (χ2n) is 3.85. The fourth-order valence-electron chi connectivity index (χ4n) is 1.66. The summed E-state index contributed by atoms with van der Waals surface area (Å²) >= 11 is 0. The first-order valence-corrected chi connectivity index (χ1v) is 5.75. The van der Waals surface area contributed by atoms with Crippen molar-refractivity contribution >= 4 is 0 Å². The highest BCUT2D eigenvalue weighted by molar-refractivity contribution is 5.02. The molecule has 1 aromatic rings. The Morgan fingerprint density at radius 1 is 1.50 bits per heavy atom. The molecular formula is C12H18N2O2. The van der Waals surface area contributed by atoms with Gasteiger partial charge in [0.15, 0.2) is 0 Å². The van der Waals surface area contributed by atoms with Gasteiger partial charge >= 0.3 is 0 Å². The molecular weight excluding hydrogens is 204 g/mol. The van der Waals surface area contributed by atoms with Crippen molar-refractivity contribution in [1.29, 1.82) is 0 Å². The van der Waals surface area contributed by atoms with Crippen molar-refractivity contribution in [2.45, 2.75) is 19.1 Å². The average molecular weight is 222 g/mol. The average Bonchev–Trinajstić information content (AvgIpc) is 2.83. The molecule has 4 nitrogen and oxygen atoms in total. The van der Waals surface area contributed by atoms with Gasteiger partial charge in [0, 0.05) is 25.9 Å². The van der Waals surface area contributed by atoms with Gasteiger partial charge in [-0.2, -0.15) is 0 Å². The number of ether oxygens (including phenoxy) is 2. The van der Waals surface area contributed by atoms with Gasteiger partial charge in [-0.05, 0) is 18.6 Å². The summed E-state index contributed by atoms with van der Waals surface area (Å²) in [5.41, 5.74) is 1.06. The van der Waals surface area contributed by atoms with E-state index >= 15 is 0 Å². The molecule has 1 aliphatic rings. The highest BCUT2D eigenvalue weighted by Gasteiger charge is 2.14. The quantitative estimate of drug-likeness (QED) is 0.729. The first kappa shape index (κ1) is 11.5. The first-order valence-electron chi connectivity index (χ1n) is 5.75. The SMILES string of the molecule is c1ccc(CNCCOC2CCOC2)nc1.